The number of aliphatic hydroxyl groups is 1. The molecule has 0 fully saturated rings. The third kappa shape index (κ3) is 7.36. The Hall–Kier alpha value is -2.38. The SMILES string of the molecule is C=CCOC[C@@H](O)CN(Cc1cccc(OC)c1)C[C@@H]1CC(c2ccc(Cl)cc2)=NO1. The number of halogens is 1. The van der Waals surface area contributed by atoms with E-state index in [2.05, 4.69) is 16.6 Å². The summed E-state index contributed by atoms with van der Waals surface area (Å²) in [6.45, 7) is 6.01. The lowest BCUT2D eigenvalue weighted by atomic mass is 10.0. The summed E-state index contributed by atoms with van der Waals surface area (Å²) in [5.74, 6) is 0.804. The first-order valence-corrected chi connectivity index (χ1v) is 10.7. The molecule has 0 unspecified atom stereocenters. The van der Waals surface area contributed by atoms with Crippen LogP contribution in [0.1, 0.15) is 17.5 Å². The van der Waals surface area contributed by atoms with Gasteiger partial charge in [0.25, 0.3) is 0 Å². The van der Waals surface area contributed by atoms with Crippen LogP contribution in [-0.4, -0.2) is 61.3 Å². The maximum atomic E-state index is 10.4. The number of ether oxygens (including phenoxy) is 2. The van der Waals surface area contributed by atoms with E-state index in [9.17, 15) is 5.11 Å². The molecule has 1 aliphatic heterocycles. The lowest BCUT2D eigenvalue weighted by molar-refractivity contribution is 0.00335. The van der Waals surface area contributed by atoms with E-state index in [1.807, 2.05) is 48.5 Å². The van der Waals surface area contributed by atoms with Crippen LogP contribution in [0.15, 0.2) is 66.3 Å². The Morgan fingerprint density at radius 1 is 1.32 bits per heavy atom. The van der Waals surface area contributed by atoms with E-state index in [1.54, 1.807) is 13.2 Å². The molecule has 0 bridgehead atoms. The van der Waals surface area contributed by atoms with Crippen LogP contribution in [0.5, 0.6) is 5.75 Å². The number of methoxy groups -OCH3 is 1. The first-order chi connectivity index (χ1) is 15.1. The van der Waals surface area contributed by atoms with Crippen molar-refractivity contribution in [2.24, 2.45) is 5.16 Å². The molecule has 0 saturated heterocycles. The molecule has 0 saturated carbocycles. The summed E-state index contributed by atoms with van der Waals surface area (Å²) in [6.07, 6.45) is 1.64. The molecule has 2 aromatic rings. The fraction of sp³-hybridized carbons (Fsp3) is 0.375. The summed E-state index contributed by atoms with van der Waals surface area (Å²) in [5, 5.41) is 15.4. The molecule has 2 atom stereocenters. The van der Waals surface area contributed by atoms with Gasteiger partial charge < -0.3 is 19.4 Å². The molecular formula is C24H29ClN2O4. The Bertz CT molecular complexity index is 872. The van der Waals surface area contributed by atoms with E-state index < -0.39 is 6.10 Å². The molecule has 6 nitrogen and oxygen atoms in total. The van der Waals surface area contributed by atoms with Crippen LogP contribution in [0.4, 0.5) is 0 Å². The highest BCUT2D eigenvalue weighted by Gasteiger charge is 2.26. The Morgan fingerprint density at radius 2 is 2.13 bits per heavy atom. The van der Waals surface area contributed by atoms with E-state index in [0.717, 1.165) is 22.6 Å². The molecule has 7 heteroatoms. The van der Waals surface area contributed by atoms with Gasteiger partial charge in [0.05, 0.1) is 32.1 Å². The summed E-state index contributed by atoms with van der Waals surface area (Å²) < 4.78 is 10.7. The van der Waals surface area contributed by atoms with E-state index in [-0.39, 0.29) is 12.7 Å². The summed E-state index contributed by atoms with van der Waals surface area (Å²) in [7, 11) is 1.65. The largest absolute Gasteiger partial charge is 0.497 e. The topological polar surface area (TPSA) is 63.5 Å². The smallest absolute Gasteiger partial charge is 0.145 e. The number of hydrogen-bond donors (Lipinski definition) is 1. The van der Waals surface area contributed by atoms with Gasteiger partial charge in [-0.2, -0.15) is 0 Å². The van der Waals surface area contributed by atoms with Crippen LogP contribution in [0, 0.1) is 0 Å². The van der Waals surface area contributed by atoms with Crippen molar-refractivity contribution >= 4 is 17.3 Å². The van der Waals surface area contributed by atoms with E-state index in [0.29, 0.717) is 37.7 Å². The zero-order valence-corrected chi connectivity index (χ0v) is 18.5. The van der Waals surface area contributed by atoms with Gasteiger partial charge in [0.2, 0.25) is 0 Å². The van der Waals surface area contributed by atoms with Crippen molar-refractivity contribution in [2.45, 2.75) is 25.2 Å². The van der Waals surface area contributed by atoms with Crippen LogP contribution in [0.2, 0.25) is 5.02 Å². The van der Waals surface area contributed by atoms with Crippen molar-refractivity contribution in [2.75, 3.05) is 33.4 Å². The molecule has 1 aliphatic rings. The molecule has 0 aliphatic carbocycles. The highest BCUT2D eigenvalue weighted by molar-refractivity contribution is 6.30. The second-order valence-corrected chi connectivity index (χ2v) is 7.94. The fourth-order valence-corrected chi connectivity index (χ4v) is 3.62. The van der Waals surface area contributed by atoms with Gasteiger partial charge in [-0.15, -0.1) is 6.58 Å². The second-order valence-electron chi connectivity index (χ2n) is 7.50. The minimum absolute atomic E-state index is 0.0995. The number of hydrogen-bond acceptors (Lipinski definition) is 6. The van der Waals surface area contributed by atoms with Crippen LogP contribution in [-0.2, 0) is 16.1 Å². The molecular weight excluding hydrogens is 416 g/mol. The Balaban J connectivity index is 1.63. The van der Waals surface area contributed by atoms with Crippen molar-refractivity contribution in [1.82, 2.24) is 4.90 Å². The van der Waals surface area contributed by atoms with Crippen molar-refractivity contribution < 1.29 is 19.4 Å². The molecule has 1 N–H and O–H groups in total. The van der Waals surface area contributed by atoms with Gasteiger partial charge >= 0.3 is 0 Å². The molecule has 166 valence electrons. The van der Waals surface area contributed by atoms with Gasteiger partial charge in [-0.1, -0.05) is 47.1 Å². The monoisotopic (exact) mass is 444 g/mol. The Morgan fingerprint density at radius 3 is 2.87 bits per heavy atom. The van der Waals surface area contributed by atoms with Gasteiger partial charge in [-0.25, -0.2) is 0 Å². The predicted octanol–water partition coefficient (Wildman–Crippen LogP) is 3.91. The van der Waals surface area contributed by atoms with E-state index in [4.69, 9.17) is 25.9 Å². The Kier molecular flexibility index (Phi) is 8.91. The normalized spacial score (nSPS) is 16.6. The van der Waals surface area contributed by atoms with Crippen molar-refractivity contribution in [3.8, 4) is 5.75 Å². The average Bonchev–Trinajstić information content (AvgIpc) is 3.23. The quantitative estimate of drug-likeness (QED) is 0.397. The molecule has 0 radical (unpaired) electrons. The molecule has 1 heterocycles. The number of benzene rings is 2. The number of oxime groups is 1. The molecule has 3 rings (SSSR count). The highest BCUT2D eigenvalue weighted by Crippen LogP contribution is 2.21. The van der Waals surface area contributed by atoms with Crippen LogP contribution < -0.4 is 4.74 Å². The first kappa shape index (κ1) is 23.3. The summed E-state index contributed by atoms with van der Waals surface area (Å²) in [5.41, 5.74) is 3.00. The first-order valence-electron chi connectivity index (χ1n) is 10.3. The van der Waals surface area contributed by atoms with Crippen LogP contribution >= 0.6 is 11.6 Å². The third-order valence-electron chi connectivity index (χ3n) is 4.93. The van der Waals surface area contributed by atoms with Gasteiger partial charge in [0.15, 0.2) is 0 Å². The zero-order valence-electron chi connectivity index (χ0n) is 17.7. The summed E-state index contributed by atoms with van der Waals surface area (Å²) in [6, 6.07) is 15.5. The zero-order chi connectivity index (χ0) is 22.1. The van der Waals surface area contributed by atoms with Crippen molar-refractivity contribution in [3.63, 3.8) is 0 Å². The minimum atomic E-state index is -0.622. The lowest BCUT2D eigenvalue weighted by Gasteiger charge is -2.27. The van der Waals surface area contributed by atoms with Gasteiger partial charge in [-0.05, 0) is 35.4 Å². The van der Waals surface area contributed by atoms with E-state index in [1.165, 1.54) is 0 Å². The number of aliphatic hydroxyl groups excluding tert-OH is 1. The number of rotatable bonds is 12. The average molecular weight is 445 g/mol. The Labute approximate surface area is 188 Å². The number of nitrogens with zero attached hydrogens (tertiary/aromatic N) is 2. The van der Waals surface area contributed by atoms with Crippen LogP contribution in [0.25, 0.3) is 0 Å². The standard InChI is InChI=1S/C24H29ClN2O4/c1-3-11-30-17-21(28)15-27(14-18-5-4-6-22(12-18)29-2)16-23-13-24(26-31-23)19-7-9-20(25)10-8-19/h3-10,12,21,23,28H,1,11,13-17H2,2H3/t21-,23-/m0/s1. The molecule has 0 aromatic heterocycles. The van der Waals surface area contributed by atoms with Gasteiger partial charge in [0.1, 0.15) is 11.9 Å². The van der Waals surface area contributed by atoms with Gasteiger partial charge in [-0.3, -0.25) is 4.90 Å². The summed E-state index contributed by atoms with van der Waals surface area (Å²) in [4.78, 5) is 7.86. The molecule has 2 aromatic carbocycles. The fourth-order valence-electron chi connectivity index (χ4n) is 3.50. The second kappa shape index (κ2) is 11.9. The molecule has 0 spiro atoms. The van der Waals surface area contributed by atoms with E-state index >= 15 is 0 Å². The summed E-state index contributed by atoms with van der Waals surface area (Å²) >= 11 is 5.98. The van der Waals surface area contributed by atoms with Gasteiger partial charge in [0, 0.05) is 31.1 Å². The maximum Gasteiger partial charge on any atom is 0.145 e. The van der Waals surface area contributed by atoms with Crippen LogP contribution in [0.3, 0.4) is 0 Å². The predicted molar refractivity (Wildman–Crippen MR) is 123 cm³/mol. The molecule has 0 amide bonds. The van der Waals surface area contributed by atoms with Crippen molar-refractivity contribution in [3.05, 3.63) is 77.3 Å². The molecule has 31 heavy (non-hydrogen) atoms. The minimum Gasteiger partial charge on any atom is -0.497 e. The third-order valence-corrected chi connectivity index (χ3v) is 5.18. The van der Waals surface area contributed by atoms with Crippen molar-refractivity contribution in [1.29, 1.82) is 0 Å². The maximum absolute atomic E-state index is 10.4. The highest BCUT2D eigenvalue weighted by atomic mass is 35.5. The lowest BCUT2D eigenvalue weighted by Crippen LogP contribution is -2.39.